The van der Waals surface area contributed by atoms with E-state index in [0.29, 0.717) is 6.04 Å². The molecule has 96 valence electrons. The highest BCUT2D eigenvalue weighted by atomic mass is 127. The standard InChI is InChI=1S/C15H18INS/c1-4-13-6-8-15(18-13)11(3)17-14-7-5-12(16)9-10(14)2/h5-9,11,17H,4H2,1-3H3. The molecular weight excluding hydrogens is 353 g/mol. The van der Waals surface area contributed by atoms with Crippen LogP contribution in [-0.2, 0) is 6.42 Å². The molecule has 0 bridgehead atoms. The van der Waals surface area contributed by atoms with Crippen LogP contribution in [0.25, 0.3) is 0 Å². The lowest BCUT2D eigenvalue weighted by Gasteiger charge is -2.16. The Morgan fingerprint density at radius 1 is 1.28 bits per heavy atom. The summed E-state index contributed by atoms with van der Waals surface area (Å²) in [7, 11) is 0. The fraction of sp³-hybridized carbons (Fsp3) is 0.333. The van der Waals surface area contributed by atoms with Gasteiger partial charge >= 0.3 is 0 Å². The number of hydrogen-bond donors (Lipinski definition) is 1. The SMILES string of the molecule is CCc1ccc(C(C)Nc2ccc(I)cc2C)s1. The van der Waals surface area contributed by atoms with Crippen LogP contribution in [-0.4, -0.2) is 0 Å². The first-order valence-corrected chi connectivity index (χ1v) is 8.11. The molecule has 1 unspecified atom stereocenters. The summed E-state index contributed by atoms with van der Waals surface area (Å²) in [5.41, 5.74) is 2.54. The zero-order valence-corrected chi connectivity index (χ0v) is 13.9. The number of benzene rings is 1. The molecule has 3 heteroatoms. The minimum absolute atomic E-state index is 0.370. The molecule has 0 aliphatic carbocycles. The quantitative estimate of drug-likeness (QED) is 0.710. The maximum atomic E-state index is 3.60. The molecular formula is C15H18INS. The molecule has 2 aromatic rings. The van der Waals surface area contributed by atoms with E-state index in [1.807, 2.05) is 11.3 Å². The third-order valence-corrected chi connectivity index (χ3v) is 5.10. The first-order chi connectivity index (χ1) is 8.60. The first kappa shape index (κ1) is 13.9. The first-order valence-electron chi connectivity index (χ1n) is 6.21. The monoisotopic (exact) mass is 371 g/mol. The summed E-state index contributed by atoms with van der Waals surface area (Å²) in [6.45, 7) is 6.59. The van der Waals surface area contributed by atoms with Crippen molar-refractivity contribution in [2.75, 3.05) is 5.32 Å². The highest BCUT2D eigenvalue weighted by molar-refractivity contribution is 14.1. The molecule has 1 aromatic heterocycles. The second-order valence-electron chi connectivity index (χ2n) is 4.48. The highest BCUT2D eigenvalue weighted by Crippen LogP contribution is 2.28. The lowest BCUT2D eigenvalue weighted by atomic mass is 10.1. The fourth-order valence-electron chi connectivity index (χ4n) is 1.91. The van der Waals surface area contributed by atoms with Gasteiger partial charge < -0.3 is 5.32 Å². The van der Waals surface area contributed by atoms with Crippen molar-refractivity contribution >= 4 is 39.6 Å². The Morgan fingerprint density at radius 2 is 2.06 bits per heavy atom. The van der Waals surface area contributed by atoms with E-state index in [1.165, 1.54) is 24.6 Å². The molecule has 0 fully saturated rings. The van der Waals surface area contributed by atoms with E-state index in [9.17, 15) is 0 Å². The largest absolute Gasteiger partial charge is 0.377 e. The van der Waals surface area contributed by atoms with Crippen LogP contribution >= 0.6 is 33.9 Å². The van der Waals surface area contributed by atoms with E-state index in [-0.39, 0.29) is 0 Å². The molecule has 1 nitrogen and oxygen atoms in total. The van der Waals surface area contributed by atoms with Gasteiger partial charge in [0, 0.05) is 19.0 Å². The number of anilines is 1. The van der Waals surface area contributed by atoms with Gasteiger partial charge in [-0.2, -0.15) is 0 Å². The second-order valence-corrected chi connectivity index (χ2v) is 6.93. The lowest BCUT2D eigenvalue weighted by molar-refractivity contribution is 0.905. The molecule has 0 saturated heterocycles. The average Bonchev–Trinajstić information content (AvgIpc) is 2.81. The summed E-state index contributed by atoms with van der Waals surface area (Å²) < 4.78 is 1.28. The number of thiophene rings is 1. The Labute approximate surface area is 127 Å². The van der Waals surface area contributed by atoms with Crippen LogP contribution in [0.3, 0.4) is 0 Å². The Morgan fingerprint density at radius 3 is 2.67 bits per heavy atom. The maximum absolute atomic E-state index is 3.60. The van der Waals surface area contributed by atoms with Crippen molar-refractivity contribution in [2.45, 2.75) is 33.2 Å². The van der Waals surface area contributed by atoms with Crippen LogP contribution in [0.1, 0.15) is 35.2 Å². The molecule has 0 spiro atoms. The van der Waals surface area contributed by atoms with E-state index in [2.05, 4.69) is 79.0 Å². The van der Waals surface area contributed by atoms with Crippen LogP contribution in [0, 0.1) is 10.5 Å². The minimum Gasteiger partial charge on any atom is -0.377 e. The van der Waals surface area contributed by atoms with Crippen molar-refractivity contribution in [1.29, 1.82) is 0 Å². The van der Waals surface area contributed by atoms with Gasteiger partial charge in [0.25, 0.3) is 0 Å². The van der Waals surface area contributed by atoms with Gasteiger partial charge in [0.05, 0.1) is 6.04 Å². The number of aryl methyl sites for hydroxylation is 2. The van der Waals surface area contributed by atoms with Crippen molar-refractivity contribution in [3.63, 3.8) is 0 Å². The van der Waals surface area contributed by atoms with Crippen LogP contribution in [0.4, 0.5) is 5.69 Å². The molecule has 0 aliphatic heterocycles. The summed E-state index contributed by atoms with van der Waals surface area (Å²) in [5, 5.41) is 3.60. The highest BCUT2D eigenvalue weighted by Gasteiger charge is 2.09. The van der Waals surface area contributed by atoms with E-state index in [0.717, 1.165) is 6.42 Å². The molecule has 1 N–H and O–H groups in total. The van der Waals surface area contributed by atoms with Gasteiger partial charge in [0.1, 0.15) is 0 Å². The molecule has 18 heavy (non-hydrogen) atoms. The molecule has 1 heterocycles. The Hall–Kier alpha value is -0.550. The van der Waals surface area contributed by atoms with Crippen molar-refractivity contribution in [3.8, 4) is 0 Å². The maximum Gasteiger partial charge on any atom is 0.0578 e. The van der Waals surface area contributed by atoms with Crippen LogP contribution in [0.5, 0.6) is 0 Å². The Bertz CT molecular complexity index is 533. The van der Waals surface area contributed by atoms with Gasteiger partial charge in [-0.05, 0) is 78.8 Å². The smallest absolute Gasteiger partial charge is 0.0578 e. The van der Waals surface area contributed by atoms with Gasteiger partial charge in [-0.25, -0.2) is 0 Å². The molecule has 0 saturated carbocycles. The molecule has 0 radical (unpaired) electrons. The summed E-state index contributed by atoms with van der Waals surface area (Å²) in [5.74, 6) is 0. The zero-order chi connectivity index (χ0) is 13.1. The van der Waals surface area contributed by atoms with Gasteiger partial charge in [-0.15, -0.1) is 11.3 Å². The number of hydrogen-bond acceptors (Lipinski definition) is 2. The topological polar surface area (TPSA) is 12.0 Å². The Kier molecular flexibility index (Phi) is 4.67. The summed E-state index contributed by atoms with van der Waals surface area (Å²) in [6.07, 6.45) is 1.12. The molecule has 2 rings (SSSR count). The van der Waals surface area contributed by atoms with E-state index < -0.39 is 0 Å². The number of rotatable bonds is 4. The molecule has 1 atom stereocenters. The van der Waals surface area contributed by atoms with Crippen molar-refractivity contribution in [1.82, 2.24) is 0 Å². The van der Waals surface area contributed by atoms with E-state index in [1.54, 1.807) is 0 Å². The molecule has 1 aromatic carbocycles. The normalized spacial score (nSPS) is 12.4. The summed E-state index contributed by atoms with van der Waals surface area (Å²) in [4.78, 5) is 2.86. The van der Waals surface area contributed by atoms with Crippen molar-refractivity contribution in [3.05, 3.63) is 49.2 Å². The average molecular weight is 371 g/mol. The van der Waals surface area contributed by atoms with Crippen LogP contribution in [0.2, 0.25) is 0 Å². The Balaban J connectivity index is 2.13. The van der Waals surface area contributed by atoms with Gasteiger partial charge in [-0.3, -0.25) is 0 Å². The third-order valence-electron chi connectivity index (χ3n) is 3.02. The van der Waals surface area contributed by atoms with Gasteiger partial charge in [0.15, 0.2) is 0 Å². The molecule has 0 aliphatic rings. The summed E-state index contributed by atoms with van der Waals surface area (Å²) >= 11 is 4.26. The third kappa shape index (κ3) is 3.26. The lowest BCUT2D eigenvalue weighted by Crippen LogP contribution is -2.06. The zero-order valence-electron chi connectivity index (χ0n) is 11.0. The summed E-state index contributed by atoms with van der Waals surface area (Å²) in [6, 6.07) is 11.4. The van der Waals surface area contributed by atoms with Crippen molar-refractivity contribution in [2.24, 2.45) is 0 Å². The predicted octanol–water partition coefficient (Wildman–Crippen LogP) is 5.40. The van der Waals surface area contributed by atoms with Gasteiger partial charge in [0.2, 0.25) is 0 Å². The van der Waals surface area contributed by atoms with Gasteiger partial charge in [-0.1, -0.05) is 6.92 Å². The van der Waals surface area contributed by atoms with Crippen molar-refractivity contribution < 1.29 is 0 Å². The van der Waals surface area contributed by atoms with Crippen LogP contribution in [0.15, 0.2) is 30.3 Å². The van der Waals surface area contributed by atoms with E-state index in [4.69, 9.17) is 0 Å². The van der Waals surface area contributed by atoms with Crippen LogP contribution < -0.4 is 5.32 Å². The fourth-order valence-corrected chi connectivity index (χ4v) is 3.51. The number of halogens is 1. The number of nitrogens with one attached hydrogen (secondary N) is 1. The second kappa shape index (κ2) is 6.06. The minimum atomic E-state index is 0.370. The predicted molar refractivity (Wildman–Crippen MR) is 89.6 cm³/mol. The molecule has 0 amide bonds. The van der Waals surface area contributed by atoms with E-state index >= 15 is 0 Å².